The molecule has 0 N–H and O–H groups in total. The minimum absolute atomic E-state index is 0.321. The van der Waals surface area contributed by atoms with E-state index in [1.165, 1.54) is 25.7 Å². The molecule has 0 aromatic carbocycles. The summed E-state index contributed by atoms with van der Waals surface area (Å²) < 4.78 is 5.36. The molecule has 0 atom stereocenters. The van der Waals surface area contributed by atoms with E-state index in [9.17, 15) is 4.79 Å². The van der Waals surface area contributed by atoms with Crippen molar-refractivity contribution in [1.82, 2.24) is 0 Å². The molecule has 14 heavy (non-hydrogen) atoms. The van der Waals surface area contributed by atoms with Crippen LogP contribution in [0.5, 0.6) is 0 Å². The lowest BCUT2D eigenvalue weighted by Gasteiger charge is -2.07. The van der Waals surface area contributed by atoms with Crippen molar-refractivity contribution in [2.24, 2.45) is 5.92 Å². The maximum atomic E-state index is 11.6. The van der Waals surface area contributed by atoms with Crippen molar-refractivity contribution in [1.29, 1.82) is 0 Å². The van der Waals surface area contributed by atoms with Crippen LogP contribution in [-0.2, 0) is 9.53 Å². The van der Waals surface area contributed by atoms with E-state index in [4.69, 9.17) is 4.74 Å². The van der Waals surface area contributed by atoms with Gasteiger partial charge in [-0.3, -0.25) is 4.79 Å². The molecule has 1 rings (SSSR count). The first-order chi connectivity index (χ1) is 6.84. The van der Waals surface area contributed by atoms with Crippen molar-refractivity contribution in [2.75, 3.05) is 13.2 Å². The van der Waals surface area contributed by atoms with E-state index in [2.05, 4.69) is 6.92 Å². The van der Waals surface area contributed by atoms with Crippen LogP contribution in [0.4, 0.5) is 0 Å². The number of Topliss-reactive ketones (excluding diaryl/α,β-unsaturated/α-hetero) is 1. The van der Waals surface area contributed by atoms with Crippen LogP contribution in [0.1, 0.15) is 51.9 Å². The van der Waals surface area contributed by atoms with Crippen LogP contribution >= 0.6 is 0 Å². The zero-order valence-electron chi connectivity index (χ0n) is 9.26. The molecular weight excluding hydrogens is 176 g/mol. The maximum Gasteiger partial charge on any atom is 0.161 e. The molecule has 2 nitrogen and oxygen atoms in total. The molecule has 82 valence electrons. The summed E-state index contributed by atoms with van der Waals surface area (Å²) >= 11 is 0. The van der Waals surface area contributed by atoms with E-state index in [-0.39, 0.29) is 0 Å². The largest absolute Gasteiger partial charge is 0.374 e. The fraction of sp³-hybridized carbons (Fsp3) is 0.917. The van der Waals surface area contributed by atoms with Gasteiger partial charge >= 0.3 is 0 Å². The minimum atomic E-state index is 0.321. The Morgan fingerprint density at radius 2 is 2.00 bits per heavy atom. The second-order valence-corrected chi connectivity index (χ2v) is 4.21. The quantitative estimate of drug-likeness (QED) is 0.588. The van der Waals surface area contributed by atoms with Gasteiger partial charge in [0.15, 0.2) is 5.78 Å². The molecule has 0 aromatic heterocycles. The number of ether oxygens (including phenoxy) is 1. The number of hydrogen-bond acceptors (Lipinski definition) is 2. The normalized spacial score (nSPS) is 17.5. The topological polar surface area (TPSA) is 26.3 Å². The average Bonchev–Trinajstić information content (AvgIpc) is 2.70. The van der Waals surface area contributed by atoms with Crippen molar-refractivity contribution in [3.05, 3.63) is 0 Å². The third kappa shape index (κ3) is 4.23. The Morgan fingerprint density at radius 1 is 1.29 bits per heavy atom. The smallest absolute Gasteiger partial charge is 0.161 e. The van der Waals surface area contributed by atoms with Gasteiger partial charge in [-0.25, -0.2) is 0 Å². The third-order valence-electron chi connectivity index (χ3n) is 2.95. The van der Waals surface area contributed by atoms with Gasteiger partial charge in [0.05, 0.1) is 0 Å². The predicted octanol–water partition coefficient (Wildman–Crippen LogP) is 2.95. The molecule has 1 aliphatic rings. The first-order valence-corrected chi connectivity index (χ1v) is 5.95. The zero-order valence-corrected chi connectivity index (χ0v) is 9.26. The van der Waals surface area contributed by atoms with E-state index in [1.54, 1.807) is 0 Å². The number of carbonyl (C=O) groups excluding carboxylic acids is 1. The Bertz CT molecular complexity index is 160. The molecule has 1 saturated carbocycles. The van der Waals surface area contributed by atoms with Gasteiger partial charge in [-0.05, 0) is 19.3 Å². The first kappa shape index (κ1) is 11.7. The van der Waals surface area contributed by atoms with Crippen LogP contribution < -0.4 is 0 Å². The number of hydrogen-bond donors (Lipinski definition) is 0. The zero-order chi connectivity index (χ0) is 10.2. The van der Waals surface area contributed by atoms with Crippen molar-refractivity contribution < 1.29 is 9.53 Å². The average molecular weight is 198 g/mol. The van der Waals surface area contributed by atoms with Crippen LogP contribution in [0.3, 0.4) is 0 Å². The van der Waals surface area contributed by atoms with E-state index in [0.29, 0.717) is 18.3 Å². The Balaban J connectivity index is 1.97. The van der Waals surface area contributed by atoms with E-state index in [1.807, 2.05) is 0 Å². The molecule has 0 heterocycles. The second kappa shape index (κ2) is 6.99. The molecule has 0 bridgehead atoms. The standard InChI is InChI=1S/C12H22O2/c1-2-3-6-9-14-10-12(13)11-7-4-5-8-11/h11H,2-10H2,1H3. The summed E-state index contributed by atoms with van der Waals surface area (Å²) in [4.78, 5) is 11.6. The van der Waals surface area contributed by atoms with Crippen molar-refractivity contribution in [3.8, 4) is 0 Å². The second-order valence-electron chi connectivity index (χ2n) is 4.21. The van der Waals surface area contributed by atoms with Gasteiger partial charge < -0.3 is 4.74 Å². The van der Waals surface area contributed by atoms with Gasteiger partial charge in [-0.2, -0.15) is 0 Å². The molecule has 0 amide bonds. The van der Waals surface area contributed by atoms with Crippen molar-refractivity contribution in [2.45, 2.75) is 51.9 Å². The van der Waals surface area contributed by atoms with E-state index >= 15 is 0 Å². The summed E-state index contributed by atoms with van der Waals surface area (Å²) in [6.45, 7) is 3.28. The van der Waals surface area contributed by atoms with Crippen LogP contribution in [0.25, 0.3) is 0 Å². The van der Waals surface area contributed by atoms with Crippen molar-refractivity contribution in [3.63, 3.8) is 0 Å². The van der Waals surface area contributed by atoms with Gasteiger partial charge in [0.2, 0.25) is 0 Å². The summed E-state index contributed by atoms with van der Waals surface area (Å²) in [5.74, 6) is 0.653. The number of carbonyl (C=O) groups is 1. The summed E-state index contributed by atoms with van der Waals surface area (Å²) in [5.41, 5.74) is 0. The van der Waals surface area contributed by atoms with Crippen LogP contribution in [0, 0.1) is 5.92 Å². The summed E-state index contributed by atoms with van der Waals surface area (Å²) in [6, 6.07) is 0. The first-order valence-electron chi connectivity index (χ1n) is 5.95. The molecule has 0 saturated heterocycles. The Morgan fingerprint density at radius 3 is 2.64 bits per heavy atom. The molecule has 0 spiro atoms. The SMILES string of the molecule is CCCCCOCC(=O)C1CCCC1. The highest BCUT2D eigenvalue weighted by Gasteiger charge is 2.22. The number of ketones is 1. The fourth-order valence-electron chi connectivity index (χ4n) is 1.99. The van der Waals surface area contributed by atoms with Gasteiger partial charge in [0.1, 0.15) is 6.61 Å². The predicted molar refractivity (Wildman–Crippen MR) is 57.3 cm³/mol. The van der Waals surface area contributed by atoms with E-state index < -0.39 is 0 Å². The van der Waals surface area contributed by atoms with Crippen LogP contribution in [-0.4, -0.2) is 19.0 Å². The highest BCUT2D eigenvalue weighted by Crippen LogP contribution is 2.25. The number of rotatable bonds is 7. The third-order valence-corrected chi connectivity index (χ3v) is 2.95. The summed E-state index contributed by atoms with van der Waals surface area (Å²) in [6.07, 6.45) is 8.15. The summed E-state index contributed by atoms with van der Waals surface area (Å²) in [5, 5.41) is 0. The van der Waals surface area contributed by atoms with Crippen LogP contribution in [0.2, 0.25) is 0 Å². The van der Waals surface area contributed by atoms with Gasteiger partial charge in [0.25, 0.3) is 0 Å². The number of unbranched alkanes of at least 4 members (excludes halogenated alkanes) is 2. The fourth-order valence-corrected chi connectivity index (χ4v) is 1.99. The lowest BCUT2D eigenvalue weighted by molar-refractivity contribution is -0.127. The lowest BCUT2D eigenvalue weighted by Crippen LogP contribution is -2.17. The Labute approximate surface area is 87.0 Å². The molecule has 0 aromatic rings. The van der Waals surface area contributed by atoms with Crippen LogP contribution in [0.15, 0.2) is 0 Å². The van der Waals surface area contributed by atoms with Gasteiger partial charge in [-0.1, -0.05) is 32.6 Å². The van der Waals surface area contributed by atoms with E-state index in [0.717, 1.165) is 25.9 Å². The molecule has 2 heteroatoms. The monoisotopic (exact) mass is 198 g/mol. The Kier molecular flexibility index (Phi) is 5.85. The lowest BCUT2D eigenvalue weighted by atomic mass is 10.0. The minimum Gasteiger partial charge on any atom is -0.374 e. The Hall–Kier alpha value is -0.370. The summed E-state index contributed by atoms with van der Waals surface area (Å²) in [7, 11) is 0. The van der Waals surface area contributed by atoms with Gasteiger partial charge in [0, 0.05) is 12.5 Å². The molecule has 1 fully saturated rings. The van der Waals surface area contributed by atoms with Crippen molar-refractivity contribution >= 4 is 5.78 Å². The molecule has 1 aliphatic carbocycles. The molecule has 0 radical (unpaired) electrons. The molecule has 0 aliphatic heterocycles. The maximum absolute atomic E-state index is 11.6. The van der Waals surface area contributed by atoms with Gasteiger partial charge in [-0.15, -0.1) is 0 Å². The molecule has 0 unspecified atom stereocenters. The molecular formula is C12H22O2. The highest BCUT2D eigenvalue weighted by atomic mass is 16.5. The highest BCUT2D eigenvalue weighted by molar-refractivity contribution is 5.82.